The highest BCUT2D eigenvalue weighted by molar-refractivity contribution is 5.18. The van der Waals surface area contributed by atoms with Crippen LogP contribution in [0.2, 0.25) is 0 Å². The third kappa shape index (κ3) is 1.39. The van der Waals surface area contributed by atoms with Crippen molar-refractivity contribution < 1.29 is 4.42 Å². The molecule has 66 valence electrons. The molecule has 0 unspecified atom stereocenters. The Labute approximate surface area is 73.0 Å². The SMILES string of the molecule is Cc1ccoc1[C@@H]1CCCCN1. The van der Waals surface area contributed by atoms with E-state index in [1.165, 1.54) is 24.8 Å². The number of hydrogen-bond donors (Lipinski definition) is 1. The average molecular weight is 165 g/mol. The van der Waals surface area contributed by atoms with Gasteiger partial charge >= 0.3 is 0 Å². The maximum Gasteiger partial charge on any atom is 0.123 e. The van der Waals surface area contributed by atoms with E-state index in [1.807, 2.05) is 6.07 Å². The molecule has 1 aromatic heterocycles. The van der Waals surface area contributed by atoms with Crippen LogP contribution in [0.5, 0.6) is 0 Å². The van der Waals surface area contributed by atoms with Gasteiger partial charge in [0, 0.05) is 0 Å². The summed E-state index contributed by atoms with van der Waals surface area (Å²) in [5, 5.41) is 3.47. The van der Waals surface area contributed by atoms with Crippen LogP contribution in [0, 0.1) is 6.92 Å². The van der Waals surface area contributed by atoms with Crippen LogP contribution in [-0.4, -0.2) is 6.54 Å². The van der Waals surface area contributed by atoms with Gasteiger partial charge in [-0.05, 0) is 37.9 Å². The molecule has 1 atom stereocenters. The third-order valence-electron chi connectivity index (χ3n) is 2.53. The van der Waals surface area contributed by atoms with Crippen LogP contribution in [-0.2, 0) is 0 Å². The van der Waals surface area contributed by atoms with Gasteiger partial charge in [-0.1, -0.05) is 6.42 Å². The summed E-state index contributed by atoms with van der Waals surface area (Å²) in [7, 11) is 0. The summed E-state index contributed by atoms with van der Waals surface area (Å²) in [6.45, 7) is 3.24. The van der Waals surface area contributed by atoms with Crippen LogP contribution >= 0.6 is 0 Å². The van der Waals surface area contributed by atoms with E-state index in [1.54, 1.807) is 6.26 Å². The van der Waals surface area contributed by atoms with Crippen molar-refractivity contribution in [3.8, 4) is 0 Å². The minimum absolute atomic E-state index is 0.466. The number of furan rings is 1. The molecule has 2 heteroatoms. The lowest BCUT2D eigenvalue weighted by Gasteiger charge is -2.22. The lowest BCUT2D eigenvalue weighted by atomic mass is 10.0. The van der Waals surface area contributed by atoms with Crippen molar-refractivity contribution in [1.82, 2.24) is 5.32 Å². The number of hydrogen-bond acceptors (Lipinski definition) is 2. The molecule has 2 rings (SSSR count). The fourth-order valence-corrected chi connectivity index (χ4v) is 1.82. The van der Waals surface area contributed by atoms with Gasteiger partial charge in [0.15, 0.2) is 0 Å². The zero-order chi connectivity index (χ0) is 8.39. The third-order valence-corrected chi connectivity index (χ3v) is 2.53. The zero-order valence-corrected chi connectivity index (χ0v) is 7.47. The van der Waals surface area contributed by atoms with E-state index in [0.717, 1.165) is 12.3 Å². The minimum atomic E-state index is 0.466. The Morgan fingerprint density at radius 3 is 3.00 bits per heavy atom. The Balaban J connectivity index is 2.13. The predicted octanol–water partition coefficient (Wildman–Crippen LogP) is 2.40. The molecule has 0 bridgehead atoms. The molecule has 0 saturated carbocycles. The first-order chi connectivity index (χ1) is 5.88. The molecule has 0 aromatic carbocycles. The molecule has 1 fully saturated rings. The monoisotopic (exact) mass is 165 g/mol. The molecule has 1 aromatic rings. The normalized spacial score (nSPS) is 24.2. The first kappa shape index (κ1) is 7.87. The summed E-state index contributed by atoms with van der Waals surface area (Å²) < 4.78 is 5.44. The van der Waals surface area contributed by atoms with E-state index in [0.29, 0.717) is 6.04 Å². The molecular weight excluding hydrogens is 150 g/mol. The van der Waals surface area contributed by atoms with Crippen molar-refractivity contribution in [3.63, 3.8) is 0 Å². The number of nitrogens with one attached hydrogen (secondary N) is 1. The molecular formula is C10H15NO. The zero-order valence-electron chi connectivity index (χ0n) is 7.47. The van der Waals surface area contributed by atoms with Crippen molar-refractivity contribution in [1.29, 1.82) is 0 Å². The molecule has 0 aliphatic carbocycles. The van der Waals surface area contributed by atoms with Crippen LogP contribution in [0.1, 0.15) is 36.6 Å². The van der Waals surface area contributed by atoms with Crippen LogP contribution in [0.15, 0.2) is 16.7 Å². The van der Waals surface area contributed by atoms with Crippen LogP contribution in [0.25, 0.3) is 0 Å². The summed E-state index contributed by atoms with van der Waals surface area (Å²) in [5.41, 5.74) is 1.27. The van der Waals surface area contributed by atoms with Crippen molar-refractivity contribution in [2.45, 2.75) is 32.2 Å². The first-order valence-corrected chi connectivity index (χ1v) is 4.65. The minimum Gasteiger partial charge on any atom is -0.467 e. The van der Waals surface area contributed by atoms with Gasteiger partial charge < -0.3 is 9.73 Å². The molecule has 1 aliphatic heterocycles. The smallest absolute Gasteiger partial charge is 0.123 e. The van der Waals surface area contributed by atoms with Gasteiger partial charge in [0.2, 0.25) is 0 Å². The van der Waals surface area contributed by atoms with E-state index in [2.05, 4.69) is 12.2 Å². The van der Waals surface area contributed by atoms with E-state index < -0.39 is 0 Å². The lowest BCUT2D eigenvalue weighted by Crippen LogP contribution is -2.26. The maximum absolute atomic E-state index is 5.44. The van der Waals surface area contributed by atoms with E-state index in [-0.39, 0.29) is 0 Å². The molecule has 1 aliphatic rings. The van der Waals surface area contributed by atoms with Crippen molar-refractivity contribution >= 4 is 0 Å². The number of rotatable bonds is 1. The summed E-state index contributed by atoms with van der Waals surface area (Å²) in [6.07, 6.45) is 5.61. The highest BCUT2D eigenvalue weighted by Crippen LogP contribution is 2.25. The second kappa shape index (κ2) is 3.31. The van der Waals surface area contributed by atoms with Crippen molar-refractivity contribution in [2.24, 2.45) is 0 Å². The van der Waals surface area contributed by atoms with E-state index >= 15 is 0 Å². The molecule has 12 heavy (non-hydrogen) atoms. The predicted molar refractivity (Wildman–Crippen MR) is 48.0 cm³/mol. The van der Waals surface area contributed by atoms with Gasteiger partial charge in [-0.25, -0.2) is 0 Å². The summed E-state index contributed by atoms with van der Waals surface area (Å²) in [6, 6.07) is 2.50. The Kier molecular flexibility index (Phi) is 2.17. The van der Waals surface area contributed by atoms with Crippen LogP contribution in [0.4, 0.5) is 0 Å². The second-order valence-corrected chi connectivity index (χ2v) is 3.47. The highest BCUT2D eigenvalue weighted by atomic mass is 16.3. The molecule has 2 nitrogen and oxygen atoms in total. The van der Waals surface area contributed by atoms with Gasteiger partial charge in [-0.3, -0.25) is 0 Å². The molecule has 2 heterocycles. The lowest BCUT2D eigenvalue weighted by molar-refractivity contribution is 0.347. The highest BCUT2D eigenvalue weighted by Gasteiger charge is 2.18. The molecule has 1 N–H and O–H groups in total. The second-order valence-electron chi connectivity index (χ2n) is 3.47. The van der Waals surface area contributed by atoms with Gasteiger partial charge in [0.25, 0.3) is 0 Å². The summed E-state index contributed by atoms with van der Waals surface area (Å²) >= 11 is 0. The largest absolute Gasteiger partial charge is 0.467 e. The summed E-state index contributed by atoms with van der Waals surface area (Å²) in [5.74, 6) is 1.13. The Hall–Kier alpha value is -0.760. The standard InChI is InChI=1S/C10H15NO/c1-8-5-7-12-10(8)9-4-2-3-6-11-9/h5,7,9,11H,2-4,6H2,1H3/t9-/m0/s1. The van der Waals surface area contributed by atoms with Crippen LogP contribution in [0.3, 0.4) is 0 Å². The van der Waals surface area contributed by atoms with Gasteiger partial charge in [-0.15, -0.1) is 0 Å². The first-order valence-electron chi connectivity index (χ1n) is 4.65. The van der Waals surface area contributed by atoms with Gasteiger partial charge in [-0.2, -0.15) is 0 Å². The van der Waals surface area contributed by atoms with E-state index in [9.17, 15) is 0 Å². The van der Waals surface area contributed by atoms with Crippen molar-refractivity contribution in [2.75, 3.05) is 6.54 Å². The quantitative estimate of drug-likeness (QED) is 0.691. The fourth-order valence-electron chi connectivity index (χ4n) is 1.82. The molecule has 0 radical (unpaired) electrons. The van der Waals surface area contributed by atoms with Gasteiger partial charge in [0.1, 0.15) is 5.76 Å². The summed E-state index contributed by atoms with van der Waals surface area (Å²) in [4.78, 5) is 0. The Bertz CT molecular complexity index is 248. The molecule has 0 spiro atoms. The number of piperidine rings is 1. The fraction of sp³-hybridized carbons (Fsp3) is 0.600. The Morgan fingerprint density at radius 1 is 1.50 bits per heavy atom. The Morgan fingerprint density at radius 2 is 2.42 bits per heavy atom. The molecule has 1 saturated heterocycles. The van der Waals surface area contributed by atoms with Gasteiger partial charge in [0.05, 0.1) is 12.3 Å². The number of aryl methyl sites for hydroxylation is 1. The van der Waals surface area contributed by atoms with E-state index in [4.69, 9.17) is 4.42 Å². The van der Waals surface area contributed by atoms with Crippen molar-refractivity contribution in [3.05, 3.63) is 23.7 Å². The molecule has 0 amide bonds. The average Bonchev–Trinajstić information content (AvgIpc) is 2.53. The topological polar surface area (TPSA) is 25.2 Å². The van der Waals surface area contributed by atoms with Crippen LogP contribution < -0.4 is 5.32 Å². The maximum atomic E-state index is 5.44.